The molecule has 0 spiro atoms. The smallest absolute Gasteiger partial charge is 0.356 e. The van der Waals surface area contributed by atoms with Crippen molar-refractivity contribution in [3.63, 3.8) is 0 Å². The number of aromatic nitrogens is 2. The predicted molar refractivity (Wildman–Crippen MR) is 76.1 cm³/mol. The van der Waals surface area contributed by atoms with Crippen LogP contribution in [-0.4, -0.2) is 27.6 Å². The normalized spacial score (nSPS) is 12.7. The number of aromatic carboxylic acids is 1. The Bertz CT molecular complexity index is 739. The van der Waals surface area contributed by atoms with Gasteiger partial charge in [0.15, 0.2) is 17.2 Å². The zero-order valence-electron chi connectivity index (χ0n) is 11.5. The second-order valence-corrected chi connectivity index (χ2v) is 5.05. The van der Waals surface area contributed by atoms with Gasteiger partial charge in [0.25, 0.3) is 0 Å². The molecular formula is C14H13ClN2O4. The molecule has 0 amide bonds. The van der Waals surface area contributed by atoms with E-state index in [1.807, 2.05) is 6.92 Å². The molecule has 0 radical (unpaired) electrons. The van der Waals surface area contributed by atoms with Crippen LogP contribution in [0, 0.1) is 0 Å². The number of carboxylic acids is 1. The molecule has 0 fully saturated rings. The largest absolute Gasteiger partial charge is 0.476 e. The molecule has 21 heavy (non-hydrogen) atoms. The molecule has 2 heterocycles. The molecular weight excluding hydrogens is 296 g/mol. The van der Waals surface area contributed by atoms with E-state index in [1.165, 1.54) is 10.7 Å². The Morgan fingerprint density at radius 1 is 1.48 bits per heavy atom. The SMILES string of the molecule is CCc1c2c(cc(Cl)c1-c1cc(C(=O)O)nn1C)OCO2. The van der Waals surface area contributed by atoms with Gasteiger partial charge in [-0.1, -0.05) is 18.5 Å². The number of hydrogen-bond acceptors (Lipinski definition) is 4. The van der Waals surface area contributed by atoms with Gasteiger partial charge in [0.2, 0.25) is 6.79 Å². The number of halogens is 1. The van der Waals surface area contributed by atoms with Crippen LogP contribution < -0.4 is 9.47 Å². The minimum atomic E-state index is -1.08. The monoisotopic (exact) mass is 308 g/mol. The van der Waals surface area contributed by atoms with Crippen LogP contribution in [-0.2, 0) is 13.5 Å². The summed E-state index contributed by atoms with van der Waals surface area (Å²) in [5.41, 5.74) is 2.22. The summed E-state index contributed by atoms with van der Waals surface area (Å²) < 4.78 is 12.4. The second-order valence-electron chi connectivity index (χ2n) is 4.64. The standard InChI is InChI=1S/C14H13ClN2O4/c1-3-7-12(8(15)4-11-13(7)21-6-20-11)10-5-9(14(18)19)16-17(10)2/h4-5H,3,6H2,1-2H3,(H,18,19). The fourth-order valence-corrected chi connectivity index (χ4v) is 2.81. The molecule has 7 heteroatoms. The van der Waals surface area contributed by atoms with Crippen LogP contribution in [0.3, 0.4) is 0 Å². The minimum absolute atomic E-state index is 0.0247. The molecule has 3 rings (SSSR count). The molecule has 0 aliphatic carbocycles. The van der Waals surface area contributed by atoms with Gasteiger partial charge in [0.1, 0.15) is 0 Å². The maximum atomic E-state index is 11.1. The highest BCUT2D eigenvalue weighted by atomic mass is 35.5. The van der Waals surface area contributed by atoms with Gasteiger partial charge in [0.05, 0.1) is 10.7 Å². The first-order valence-electron chi connectivity index (χ1n) is 6.41. The summed E-state index contributed by atoms with van der Waals surface area (Å²) in [5, 5.41) is 13.5. The molecule has 2 aromatic rings. The van der Waals surface area contributed by atoms with Crippen LogP contribution in [0.4, 0.5) is 0 Å². The van der Waals surface area contributed by atoms with Crippen LogP contribution in [0.1, 0.15) is 23.0 Å². The number of carboxylic acid groups (broad SMARTS) is 1. The zero-order valence-corrected chi connectivity index (χ0v) is 12.3. The van der Waals surface area contributed by atoms with E-state index in [0.29, 0.717) is 28.6 Å². The Labute approximate surface area is 125 Å². The predicted octanol–water partition coefficient (Wildman–Crippen LogP) is 2.73. The number of ether oxygens (including phenoxy) is 2. The van der Waals surface area contributed by atoms with Crippen LogP contribution in [0.25, 0.3) is 11.3 Å². The van der Waals surface area contributed by atoms with E-state index < -0.39 is 5.97 Å². The molecule has 110 valence electrons. The molecule has 0 saturated heterocycles. The molecule has 1 aliphatic heterocycles. The van der Waals surface area contributed by atoms with E-state index in [0.717, 1.165) is 11.1 Å². The van der Waals surface area contributed by atoms with Crippen molar-refractivity contribution in [2.75, 3.05) is 6.79 Å². The highest BCUT2D eigenvalue weighted by Crippen LogP contribution is 2.45. The van der Waals surface area contributed by atoms with Crippen molar-refractivity contribution >= 4 is 17.6 Å². The van der Waals surface area contributed by atoms with E-state index in [1.54, 1.807) is 13.1 Å². The summed E-state index contributed by atoms with van der Waals surface area (Å²) in [7, 11) is 1.68. The third kappa shape index (κ3) is 2.12. The van der Waals surface area contributed by atoms with Gasteiger partial charge in [0, 0.05) is 24.2 Å². The molecule has 1 N–H and O–H groups in total. The van der Waals surface area contributed by atoms with Crippen molar-refractivity contribution in [3.05, 3.63) is 28.4 Å². The molecule has 6 nitrogen and oxygen atoms in total. The van der Waals surface area contributed by atoms with Crippen LogP contribution in [0.2, 0.25) is 5.02 Å². The van der Waals surface area contributed by atoms with Gasteiger partial charge in [-0.3, -0.25) is 4.68 Å². The quantitative estimate of drug-likeness (QED) is 0.943. The average Bonchev–Trinajstić information content (AvgIpc) is 3.03. The fourth-order valence-electron chi connectivity index (χ4n) is 2.50. The Morgan fingerprint density at radius 2 is 2.24 bits per heavy atom. The Balaban J connectivity index is 2.25. The summed E-state index contributed by atoms with van der Waals surface area (Å²) >= 11 is 6.36. The number of carbonyl (C=O) groups is 1. The number of aryl methyl sites for hydroxylation is 1. The Hall–Kier alpha value is -2.21. The number of benzene rings is 1. The topological polar surface area (TPSA) is 73.6 Å². The van der Waals surface area contributed by atoms with Crippen molar-refractivity contribution in [1.82, 2.24) is 9.78 Å². The zero-order chi connectivity index (χ0) is 15.1. The van der Waals surface area contributed by atoms with Gasteiger partial charge in [-0.05, 0) is 12.5 Å². The lowest BCUT2D eigenvalue weighted by atomic mass is 10.00. The van der Waals surface area contributed by atoms with Crippen LogP contribution in [0.15, 0.2) is 12.1 Å². The summed E-state index contributed by atoms with van der Waals surface area (Å²) in [5.74, 6) is 0.197. The van der Waals surface area contributed by atoms with Gasteiger partial charge < -0.3 is 14.6 Å². The highest BCUT2D eigenvalue weighted by Gasteiger charge is 2.25. The molecule has 0 unspecified atom stereocenters. The molecule has 0 bridgehead atoms. The number of fused-ring (bicyclic) bond motifs is 1. The maximum absolute atomic E-state index is 11.1. The van der Waals surface area contributed by atoms with E-state index in [2.05, 4.69) is 5.10 Å². The van der Waals surface area contributed by atoms with Gasteiger partial charge in [-0.2, -0.15) is 5.10 Å². The lowest BCUT2D eigenvalue weighted by Gasteiger charge is -2.13. The second kappa shape index (κ2) is 4.96. The van der Waals surface area contributed by atoms with Crippen LogP contribution >= 0.6 is 11.6 Å². The number of rotatable bonds is 3. The minimum Gasteiger partial charge on any atom is -0.476 e. The van der Waals surface area contributed by atoms with Gasteiger partial charge >= 0.3 is 5.97 Å². The lowest BCUT2D eigenvalue weighted by molar-refractivity contribution is 0.0689. The highest BCUT2D eigenvalue weighted by molar-refractivity contribution is 6.33. The van der Waals surface area contributed by atoms with Crippen molar-refractivity contribution < 1.29 is 19.4 Å². The molecule has 1 aromatic heterocycles. The van der Waals surface area contributed by atoms with E-state index in [9.17, 15) is 4.79 Å². The first-order valence-corrected chi connectivity index (χ1v) is 6.79. The lowest BCUT2D eigenvalue weighted by Crippen LogP contribution is -2.00. The third-order valence-electron chi connectivity index (χ3n) is 3.42. The van der Waals surface area contributed by atoms with Gasteiger partial charge in [-0.25, -0.2) is 4.79 Å². The molecule has 0 saturated carbocycles. The number of nitrogens with zero attached hydrogens (tertiary/aromatic N) is 2. The van der Waals surface area contributed by atoms with Crippen molar-refractivity contribution in [2.45, 2.75) is 13.3 Å². The van der Waals surface area contributed by atoms with E-state index >= 15 is 0 Å². The summed E-state index contributed by atoms with van der Waals surface area (Å²) in [6.45, 7) is 2.14. The average molecular weight is 309 g/mol. The van der Waals surface area contributed by atoms with Gasteiger partial charge in [-0.15, -0.1) is 0 Å². The fraction of sp³-hybridized carbons (Fsp3) is 0.286. The molecule has 1 aliphatic rings. The summed E-state index contributed by atoms with van der Waals surface area (Å²) in [6, 6.07) is 3.19. The van der Waals surface area contributed by atoms with Crippen molar-refractivity contribution in [1.29, 1.82) is 0 Å². The van der Waals surface area contributed by atoms with Crippen LogP contribution in [0.5, 0.6) is 11.5 Å². The Kier molecular flexibility index (Phi) is 3.25. The third-order valence-corrected chi connectivity index (χ3v) is 3.72. The summed E-state index contributed by atoms with van der Waals surface area (Å²) in [6.07, 6.45) is 0.676. The van der Waals surface area contributed by atoms with Crippen molar-refractivity contribution in [2.24, 2.45) is 7.05 Å². The number of hydrogen-bond donors (Lipinski definition) is 1. The van der Waals surface area contributed by atoms with Crippen molar-refractivity contribution in [3.8, 4) is 22.8 Å². The molecule has 1 aromatic carbocycles. The van der Waals surface area contributed by atoms with E-state index in [4.69, 9.17) is 26.2 Å². The van der Waals surface area contributed by atoms with E-state index in [-0.39, 0.29) is 12.5 Å². The first kappa shape index (κ1) is 13.8. The first-order chi connectivity index (χ1) is 10.0. The maximum Gasteiger partial charge on any atom is 0.356 e. The summed E-state index contributed by atoms with van der Waals surface area (Å²) in [4.78, 5) is 11.1. The molecule has 0 atom stereocenters. The Morgan fingerprint density at radius 3 is 2.86 bits per heavy atom.